The number of aromatic nitrogens is 3. The minimum absolute atomic E-state index is 0.271. The fourth-order valence-corrected chi connectivity index (χ4v) is 2.39. The van der Waals surface area contributed by atoms with E-state index in [0.717, 1.165) is 17.8 Å². The van der Waals surface area contributed by atoms with E-state index in [1.54, 1.807) is 6.07 Å². The molecule has 0 atom stereocenters. The predicted octanol–water partition coefficient (Wildman–Crippen LogP) is 2.97. The van der Waals surface area contributed by atoms with Crippen LogP contribution in [0.5, 0.6) is 0 Å². The van der Waals surface area contributed by atoms with Gasteiger partial charge in [-0.25, -0.2) is 9.78 Å². The third-order valence-corrected chi connectivity index (χ3v) is 3.46. The molecule has 0 unspecified atom stereocenters. The van der Waals surface area contributed by atoms with Crippen LogP contribution in [0.15, 0.2) is 29.4 Å². The first kappa shape index (κ1) is 14.6. The Morgan fingerprint density at radius 3 is 3.00 bits per heavy atom. The number of hydrogen-bond donors (Lipinski definition) is 1. The zero-order chi connectivity index (χ0) is 14.4. The molecule has 0 radical (unpaired) electrons. The van der Waals surface area contributed by atoms with Crippen molar-refractivity contribution in [3.63, 3.8) is 0 Å². The number of carbonyl (C=O) groups excluding carboxylic acids is 1. The van der Waals surface area contributed by atoms with E-state index in [4.69, 9.17) is 4.74 Å². The highest BCUT2D eigenvalue weighted by molar-refractivity contribution is 7.98. The SMILES string of the molecule is CCCOC(=O)c1cccc(CSc2n[nH]c(C)n2)c1. The van der Waals surface area contributed by atoms with Gasteiger partial charge in [0.15, 0.2) is 0 Å². The lowest BCUT2D eigenvalue weighted by atomic mass is 10.1. The van der Waals surface area contributed by atoms with Crippen LogP contribution in [-0.2, 0) is 10.5 Å². The predicted molar refractivity (Wildman–Crippen MR) is 77.7 cm³/mol. The van der Waals surface area contributed by atoms with Crippen molar-refractivity contribution in [1.29, 1.82) is 0 Å². The normalized spacial score (nSPS) is 10.5. The third kappa shape index (κ3) is 4.09. The van der Waals surface area contributed by atoms with Gasteiger partial charge < -0.3 is 4.74 Å². The summed E-state index contributed by atoms with van der Waals surface area (Å²) in [6.45, 7) is 4.29. The molecule has 0 fully saturated rings. The van der Waals surface area contributed by atoms with Crippen LogP contribution in [0.4, 0.5) is 0 Å². The summed E-state index contributed by atoms with van der Waals surface area (Å²) in [5, 5.41) is 7.58. The van der Waals surface area contributed by atoms with E-state index in [1.165, 1.54) is 11.8 Å². The van der Waals surface area contributed by atoms with Gasteiger partial charge in [-0.15, -0.1) is 5.10 Å². The average molecular weight is 291 g/mol. The van der Waals surface area contributed by atoms with Gasteiger partial charge in [-0.3, -0.25) is 5.10 Å². The molecule has 0 spiro atoms. The molecule has 2 aromatic rings. The van der Waals surface area contributed by atoms with Gasteiger partial charge in [-0.1, -0.05) is 30.8 Å². The third-order valence-electron chi connectivity index (χ3n) is 2.54. The van der Waals surface area contributed by atoms with Gasteiger partial charge in [0.1, 0.15) is 5.82 Å². The lowest BCUT2D eigenvalue weighted by Crippen LogP contribution is -2.06. The molecule has 0 saturated heterocycles. The van der Waals surface area contributed by atoms with Crippen molar-refractivity contribution in [2.24, 2.45) is 0 Å². The van der Waals surface area contributed by atoms with Gasteiger partial charge >= 0.3 is 5.97 Å². The second-order valence-corrected chi connectivity index (χ2v) is 5.27. The number of nitrogens with one attached hydrogen (secondary N) is 1. The molecule has 0 aliphatic carbocycles. The van der Waals surface area contributed by atoms with Crippen molar-refractivity contribution in [1.82, 2.24) is 15.2 Å². The summed E-state index contributed by atoms with van der Waals surface area (Å²) in [7, 11) is 0. The van der Waals surface area contributed by atoms with E-state index in [1.807, 2.05) is 32.0 Å². The molecule has 0 aliphatic heterocycles. The Morgan fingerprint density at radius 2 is 2.30 bits per heavy atom. The molecular weight excluding hydrogens is 274 g/mol. The van der Waals surface area contributed by atoms with E-state index in [-0.39, 0.29) is 5.97 Å². The standard InChI is InChI=1S/C14H17N3O2S/c1-3-7-19-13(18)12-6-4-5-11(8-12)9-20-14-15-10(2)16-17-14/h4-6,8H,3,7,9H2,1-2H3,(H,15,16,17). The number of aryl methyl sites for hydroxylation is 1. The summed E-state index contributed by atoms with van der Waals surface area (Å²) < 4.78 is 5.12. The molecule has 5 nitrogen and oxygen atoms in total. The minimum Gasteiger partial charge on any atom is -0.462 e. The smallest absolute Gasteiger partial charge is 0.338 e. The second-order valence-electron chi connectivity index (χ2n) is 4.33. The van der Waals surface area contributed by atoms with E-state index in [0.29, 0.717) is 23.1 Å². The molecule has 6 heteroatoms. The Balaban J connectivity index is 1.97. The van der Waals surface area contributed by atoms with Crippen LogP contribution in [0, 0.1) is 6.92 Å². The van der Waals surface area contributed by atoms with Crippen LogP contribution in [0.25, 0.3) is 0 Å². The molecule has 0 aliphatic rings. The Hall–Kier alpha value is -1.82. The molecule has 20 heavy (non-hydrogen) atoms. The fourth-order valence-electron chi connectivity index (χ4n) is 1.60. The van der Waals surface area contributed by atoms with Crippen LogP contribution >= 0.6 is 11.8 Å². The molecule has 1 N–H and O–H groups in total. The Morgan fingerprint density at radius 1 is 1.45 bits per heavy atom. The zero-order valence-electron chi connectivity index (χ0n) is 11.5. The average Bonchev–Trinajstić information content (AvgIpc) is 2.88. The number of benzene rings is 1. The van der Waals surface area contributed by atoms with Crippen molar-refractivity contribution in [3.05, 3.63) is 41.2 Å². The van der Waals surface area contributed by atoms with Crippen LogP contribution in [0.2, 0.25) is 0 Å². The first-order chi connectivity index (χ1) is 9.69. The summed E-state index contributed by atoms with van der Waals surface area (Å²) in [5.41, 5.74) is 1.63. The van der Waals surface area contributed by atoms with E-state index < -0.39 is 0 Å². The molecule has 0 amide bonds. The Labute approximate surface area is 122 Å². The highest BCUT2D eigenvalue weighted by Gasteiger charge is 2.08. The highest BCUT2D eigenvalue weighted by atomic mass is 32.2. The van der Waals surface area contributed by atoms with E-state index in [9.17, 15) is 4.79 Å². The number of thioether (sulfide) groups is 1. The molecule has 106 valence electrons. The largest absolute Gasteiger partial charge is 0.462 e. The first-order valence-electron chi connectivity index (χ1n) is 6.47. The maximum absolute atomic E-state index is 11.8. The quantitative estimate of drug-likeness (QED) is 0.654. The highest BCUT2D eigenvalue weighted by Crippen LogP contribution is 2.19. The number of ether oxygens (including phenoxy) is 1. The van der Waals surface area contributed by atoms with Gasteiger partial charge in [0.25, 0.3) is 0 Å². The summed E-state index contributed by atoms with van der Waals surface area (Å²) in [5.74, 6) is 1.24. The Kier molecular flexibility index (Phi) is 5.17. The number of hydrogen-bond acceptors (Lipinski definition) is 5. The van der Waals surface area contributed by atoms with Crippen LogP contribution in [-0.4, -0.2) is 27.8 Å². The number of nitrogens with zero attached hydrogens (tertiary/aromatic N) is 2. The lowest BCUT2D eigenvalue weighted by Gasteiger charge is -2.05. The van der Waals surface area contributed by atoms with E-state index >= 15 is 0 Å². The van der Waals surface area contributed by atoms with Crippen molar-refractivity contribution in [2.75, 3.05) is 6.61 Å². The summed E-state index contributed by atoms with van der Waals surface area (Å²) in [4.78, 5) is 16.0. The number of rotatable bonds is 6. The van der Waals surface area contributed by atoms with Gasteiger partial charge in [0.05, 0.1) is 12.2 Å². The Bertz CT molecular complexity index is 583. The van der Waals surface area contributed by atoms with Crippen molar-refractivity contribution >= 4 is 17.7 Å². The van der Waals surface area contributed by atoms with Gasteiger partial charge in [-0.2, -0.15) is 0 Å². The minimum atomic E-state index is -0.271. The second kappa shape index (κ2) is 7.09. The van der Waals surface area contributed by atoms with Crippen LogP contribution in [0.1, 0.15) is 35.1 Å². The van der Waals surface area contributed by atoms with Gasteiger partial charge in [0.2, 0.25) is 5.16 Å². The summed E-state index contributed by atoms with van der Waals surface area (Å²) in [6.07, 6.45) is 0.825. The molecule has 1 aromatic carbocycles. The number of carbonyl (C=O) groups is 1. The van der Waals surface area contributed by atoms with Gasteiger partial charge in [0, 0.05) is 5.75 Å². The molecule has 1 heterocycles. The number of aromatic amines is 1. The lowest BCUT2D eigenvalue weighted by molar-refractivity contribution is 0.0505. The van der Waals surface area contributed by atoms with E-state index in [2.05, 4.69) is 15.2 Å². The maximum Gasteiger partial charge on any atom is 0.338 e. The topological polar surface area (TPSA) is 67.9 Å². The molecule has 1 aromatic heterocycles. The molecule has 2 rings (SSSR count). The monoisotopic (exact) mass is 291 g/mol. The number of esters is 1. The maximum atomic E-state index is 11.8. The van der Waals surface area contributed by atoms with Crippen molar-refractivity contribution < 1.29 is 9.53 Å². The van der Waals surface area contributed by atoms with Gasteiger partial charge in [-0.05, 0) is 31.0 Å². The summed E-state index contributed by atoms with van der Waals surface area (Å²) in [6, 6.07) is 7.46. The zero-order valence-corrected chi connectivity index (χ0v) is 12.4. The van der Waals surface area contributed by atoms with Crippen molar-refractivity contribution in [2.45, 2.75) is 31.2 Å². The summed E-state index contributed by atoms with van der Waals surface area (Å²) >= 11 is 1.53. The van der Waals surface area contributed by atoms with Crippen molar-refractivity contribution in [3.8, 4) is 0 Å². The molecule has 0 bridgehead atoms. The number of H-pyrrole nitrogens is 1. The van der Waals surface area contributed by atoms with Crippen LogP contribution < -0.4 is 0 Å². The molecular formula is C14H17N3O2S. The molecule has 0 saturated carbocycles. The fraction of sp³-hybridized carbons (Fsp3) is 0.357. The van der Waals surface area contributed by atoms with Crippen LogP contribution in [0.3, 0.4) is 0 Å². The first-order valence-corrected chi connectivity index (χ1v) is 7.45.